The molecule has 13 rings (SSSR count). The van der Waals surface area contributed by atoms with Crippen molar-refractivity contribution in [2.75, 3.05) is 4.90 Å². The van der Waals surface area contributed by atoms with Crippen LogP contribution < -0.4 is 4.90 Å². The second-order valence-electron chi connectivity index (χ2n) is 14.5. The highest BCUT2D eigenvalue weighted by Gasteiger charge is 2.26. The maximum Gasteiger partial charge on any atom is 0.0782 e. The first kappa shape index (κ1) is 27.6. The Balaban J connectivity index is 1.25. The normalized spacial score (nSPS) is 12.5. The lowest BCUT2D eigenvalue weighted by molar-refractivity contribution is 1.27. The minimum Gasteiger partial charge on any atom is -0.308 e. The monoisotopic (exact) mass is 671 g/mol. The van der Waals surface area contributed by atoms with E-state index in [4.69, 9.17) is 0 Å². The molecule has 0 saturated heterocycles. The van der Waals surface area contributed by atoms with Gasteiger partial charge in [0, 0.05) is 54.5 Å². The van der Waals surface area contributed by atoms with E-state index >= 15 is 0 Å². The van der Waals surface area contributed by atoms with E-state index in [1.165, 1.54) is 97.7 Å². The van der Waals surface area contributed by atoms with Gasteiger partial charge in [-0.15, -0.1) is 0 Å². The van der Waals surface area contributed by atoms with Crippen molar-refractivity contribution in [1.82, 2.24) is 8.80 Å². The summed E-state index contributed by atoms with van der Waals surface area (Å²) >= 11 is 0. The van der Waals surface area contributed by atoms with Gasteiger partial charge in [0.1, 0.15) is 0 Å². The summed E-state index contributed by atoms with van der Waals surface area (Å²) in [5, 5.41) is 15.4. The van der Waals surface area contributed by atoms with Gasteiger partial charge in [0.25, 0.3) is 0 Å². The van der Waals surface area contributed by atoms with Crippen molar-refractivity contribution in [3.63, 3.8) is 0 Å². The topological polar surface area (TPSA) is 12.1 Å². The van der Waals surface area contributed by atoms with Gasteiger partial charge >= 0.3 is 0 Å². The fraction of sp³-hybridized carbons (Fsp3) is 0. The number of rotatable bonds is 3. The number of fused-ring (bicyclic) bond motifs is 15. The highest BCUT2D eigenvalue weighted by Crippen LogP contribution is 2.49. The molecule has 0 radical (unpaired) electrons. The molecule has 3 heteroatoms. The Morgan fingerprint density at radius 1 is 0.302 bits per heavy atom. The van der Waals surface area contributed by atoms with Crippen LogP contribution in [0.4, 0.5) is 17.1 Å². The van der Waals surface area contributed by atoms with Gasteiger partial charge in [0.05, 0.1) is 38.8 Å². The molecule has 0 amide bonds. The van der Waals surface area contributed by atoms with E-state index in [-0.39, 0.29) is 0 Å². The van der Waals surface area contributed by atoms with E-state index in [0.29, 0.717) is 0 Å². The van der Waals surface area contributed by atoms with Crippen molar-refractivity contribution in [3.05, 3.63) is 176 Å². The van der Waals surface area contributed by atoms with E-state index < -0.39 is 0 Å². The molecule has 0 unspecified atom stereocenters. The van der Waals surface area contributed by atoms with E-state index in [1.807, 2.05) is 0 Å². The summed E-state index contributed by atoms with van der Waals surface area (Å²) < 4.78 is 5.11. The van der Waals surface area contributed by atoms with Crippen LogP contribution in [-0.2, 0) is 0 Å². The quantitative estimate of drug-likeness (QED) is 0.182. The number of anilines is 3. The molecule has 244 valence electrons. The predicted octanol–water partition coefficient (Wildman–Crippen LogP) is 13.8. The Morgan fingerprint density at radius 2 is 0.811 bits per heavy atom. The molecule has 3 nitrogen and oxygen atoms in total. The predicted molar refractivity (Wildman–Crippen MR) is 225 cm³/mol. The highest BCUT2D eigenvalue weighted by molar-refractivity contribution is 6.34. The van der Waals surface area contributed by atoms with Gasteiger partial charge in [0.15, 0.2) is 0 Å². The number of aromatic nitrogens is 2. The molecule has 0 atom stereocenters. The molecule has 0 aliphatic rings. The molecular formula is C50H29N3. The summed E-state index contributed by atoms with van der Waals surface area (Å²) in [6.45, 7) is 0. The van der Waals surface area contributed by atoms with Gasteiger partial charge in [-0.25, -0.2) is 0 Å². The SMILES string of the molecule is c1ccc(N(c2ccccc2)c2cccc3c4cc5ccccc5c5c6cc7c(cc6n(c23)c45)c2cccc3c4cc5ccccc5cc4n7c32)cc1. The summed E-state index contributed by atoms with van der Waals surface area (Å²) in [6, 6.07) is 65.0. The molecule has 4 heterocycles. The number of hydrogen-bond acceptors (Lipinski definition) is 1. The Bertz CT molecular complexity index is 3570. The zero-order valence-corrected chi connectivity index (χ0v) is 28.6. The van der Waals surface area contributed by atoms with Crippen molar-refractivity contribution in [3.8, 4) is 0 Å². The van der Waals surface area contributed by atoms with Crippen LogP contribution in [0.15, 0.2) is 176 Å². The summed E-state index contributed by atoms with van der Waals surface area (Å²) in [6.07, 6.45) is 0. The van der Waals surface area contributed by atoms with Crippen molar-refractivity contribution >= 4 is 115 Å². The van der Waals surface area contributed by atoms with Gasteiger partial charge in [-0.3, -0.25) is 0 Å². The zero-order valence-electron chi connectivity index (χ0n) is 28.6. The van der Waals surface area contributed by atoms with Gasteiger partial charge in [-0.1, -0.05) is 115 Å². The van der Waals surface area contributed by atoms with E-state index in [0.717, 1.165) is 17.1 Å². The minimum absolute atomic E-state index is 1.13. The van der Waals surface area contributed by atoms with E-state index in [2.05, 4.69) is 190 Å². The second-order valence-corrected chi connectivity index (χ2v) is 14.5. The van der Waals surface area contributed by atoms with Crippen molar-refractivity contribution in [2.24, 2.45) is 0 Å². The Hall–Kier alpha value is -7.10. The maximum atomic E-state index is 2.58. The molecule has 53 heavy (non-hydrogen) atoms. The van der Waals surface area contributed by atoms with Crippen LogP contribution >= 0.6 is 0 Å². The third kappa shape index (κ3) is 3.44. The van der Waals surface area contributed by atoms with Gasteiger partial charge in [-0.05, 0) is 82.2 Å². The molecule has 9 aromatic carbocycles. The smallest absolute Gasteiger partial charge is 0.0782 e. The molecule has 4 aromatic heterocycles. The Labute approximate surface area is 303 Å². The van der Waals surface area contributed by atoms with Crippen LogP contribution in [-0.4, -0.2) is 8.80 Å². The molecule has 0 N–H and O–H groups in total. The number of benzene rings is 9. The highest BCUT2D eigenvalue weighted by atomic mass is 15.2. The standard InChI is InChI=1S/C50H29N3/c1-3-16-33(17-4-1)51(34-18-5-2-6-19-34)43-24-12-23-38-41-26-32-15-9-10-20-35(32)47-42-29-45-40(28-46(42)53(49(38)43)50(41)47)37-22-11-21-36-39-25-30-13-7-8-14-31(30)27-44(39)52(45)48(36)37/h1-29H. The average molecular weight is 672 g/mol. The summed E-state index contributed by atoms with van der Waals surface area (Å²) in [7, 11) is 0. The van der Waals surface area contributed by atoms with Crippen LogP contribution in [0.25, 0.3) is 97.7 Å². The fourth-order valence-corrected chi connectivity index (χ4v) is 9.73. The molecule has 0 saturated carbocycles. The first-order valence-corrected chi connectivity index (χ1v) is 18.4. The van der Waals surface area contributed by atoms with Crippen LogP contribution in [0.5, 0.6) is 0 Å². The van der Waals surface area contributed by atoms with Crippen LogP contribution in [0, 0.1) is 0 Å². The lowest BCUT2D eigenvalue weighted by atomic mass is 9.99. The lowest BCUT2D eigenvalue weighted by Gasteiger charge is -2.26. The third-order valence-electron chi connectivity index (χ3n) is 11.9. The van der Waals surface area contributed by atoms with Crippen molar-refractivity contribution < 1.29 is 0 Å². The van der Waals surface area contributed by atoms with E-state index in [1.54, 1.807) is 0 Å². The Morgan fingerprint density at radius 3 is 1.55 bits per heavy atom. The van der Waals surface area contributed by atoms with Crippen LogP contribution in [0.2, 0.25) is 0 Å². The molecule has 0 spiro atoms. The molecule has 0 fully saturated rings. The fourth-order valence-electron chi connectivity index (χ4n) is 9.73. The first-order chi connectivity index (χ1) is 26.3. The van der Waals surface area contributed by atoms with Gasteiger partial charge in [0.2, 0.25) is 0 Å². The molecule has 13 aromatic rings. The number of nitrogens with zero attached hydrogens (tertiary/aromatic N) is 3. The number of hydrogen-bond donors (Lipinski definition) is 0. The zero-order chi connectivity index (χ0) is 34.4. The van der Waals surface area contributed by atoms with Gasteiger partial charge in [-0.2, -0.15) is 0 Å². The maximum absolute atomic E-state index is 2.58. The minimum atomic E-state index is 1.13. The van der Waals surface area contributed by atoms with E-state index in [9.17, 15) is 0 Å². The largest absolute Gasteiger partial charge is 0.308 e. The van der Waals surface area contributed by atoms with Crippen molar-refractivity contribution in [2.45, 2.75) is 0 Å². The molecule has 0 aliphatic heterocycles. The Kier molecular flexibility index (Phi) is 5.11. The van der Waals surface area contributed by atoms with Gasteiger partial charge < -0.3 is 13.7 Å². The summed E-state index contributed by atoms with van der Waals surface area (Å²) in [5.74, 6) is 0. The van der Waals surface area contributed by atoms with Crippen molar-refractivity contribution in [1.29, 1.82) is 0 Å². The molecular weight excluding hydrogens is 643 g/mol. The third-order valence-corrected chi connectivity index (χ3v) is 11.9. The summed E-state index contributed by atoms with van der Waals surface area (Å²) in [4.78, 5) is 2.42. The molecule has 0 aliphatic carbocycles. The van der Waals surface area contributed by atoms with Crippen LogP contribution in [0.1, 0.15) is 0 Å². The molecule has 0 bridgehead atoms. The lowest BCUT2D eigenvalue weighted by Crippen LogP contribution is -2.10. The summed E-state index contributed by atoms with van der Waals surface area (Å²) in [5.41, 5.74) is 11.0. The van der Waals surface area contributed by atoms with Crippen LogP contribution in [0.3, 0.4) is 0 Å². The first-order valence-electron chi connectivity index (χ1n) is 18.4. The number of para-hydroxylation sites is 4. The second kappa shape index (κ2) is 9.81. The average Bonchev–Trinajstić information content (AvgIpc) is 3.93.